The SMILES string of the molecule is O=C(COc1ccc(CO)cc1)N1CCC([S+]([O-])c2cccc(O)c2)C1. The lowest BCUT2D eigenvalue weighted by atomic mass is 10.2. The average molecular weight is 375 g/mol. The number of carbonyl (C=O) groups excluding carboxylic acids is 1. The van der Waals surface area contributed by atoms with E-state index < -0.39 is 11.2 Å². The van der Waals surface area contributed by atoms with Gasteiger partial charge in [0.05, 0.1) is 13.2 Å². The first-order valence-electron chi connectivity index (χ1n) is 8.37. The number of phenolic OH excluding ortho intramolecular Hbond substituents is 1. The molecule has 6 nitrogen and oxygen atoms in total. The fraction of sp³-hybridized carbons (Fsp3) is 0.316. The van der Waals surface area contributed by atoms with Crippen molar-refractivity contribution in [1.29, 1.82) is 0 Å². The zero-order valence-electron chi connectivity index (χ0n) is 14.2. The molecule has 0 aromatic heterocycles. The van der Waals surface area contributed by atoms with Gasteiger partial charge < -0.3 is 24.4 Å². The van der Waals surface area contributed by atoms with Crippen LogP contribution < -0.4 is 4.74 Å². The van der Waals surface area contributed by atoms with Gasteiger partial charge in [-0.05, 0) is 41.0 Å². The molecule has 0 aliphatic carbocycles. The summed E-state index contributed by atoms with van der Waals surface area (Å²) in [6, 6.07) is 13.3. The molecule has 1 aliphatic rings. The Morgan fingerprint density at radius 1 is 1.27 bits per heavy atom. The molecule has 1 amide bonds. The number of likely N-dealkylation sites (tertiary alicyclic amines) is 1. The first-order chi connectivity index (χ1) is 12.6. The molecular weight excluding hydrogens is 354 g/mol. The van der Waals surface area contributed by atoms with Gasteiger partial charge in [-0.1, -0.05) is 18.2 Å². The summed E-state index contributed by atoms with van der Waals surface area (Å²) in [7, 11) is 0. The molecule has 1 aliphatic heterocycles. The summed E-state index contributed by atoms with van der Waals surface area (Å²) in [6.45, 7) is 0.837. The predicted molar refractivity (Wildman–Crippen MR) is 97.4 cm³/mol. The van der Waals surface area contributed by atoms with Crippen molar-refractivity contribution >= 4 is 17.1 Å². The Balaban J connectivity index is 1.51. The van der Waals surface area contributed by atoms with Gasteiger partial charge in [0, 0.05) is 19.0 Å². The van der Waals surface area contributed by atoms with E-state index in [0.717, 1.165) is 5.56 Å². The Hall–Kier alpha value is -2.22. The number of rotatable bonds is 6. The van der Waals surface area contributed by atoms with Crippen LogP contribution in [0.4, 0.5) is 0 Å². The van der Waals surface area contributed by atoms with Gasteiger partial charge in [-0.3, -0.25) is 4.79 Å². The average Bonchev–Trinajstić information content (AvgIpc) is 3.16. The zero-order chi connectivity index (χ0) is 18.5. The maximum atomic E-state index is 12.6. The van der Waals surface area contributed by atoms with Crippen LogP contribution in [-0.2, 0) is 22.6 Å². The van der Waals surface area contributed by atoms with E-state index in [4.69, 9.17) is 9.84 Å². The molecule has 0 spiro atoms. The smallest absolute Gasteiger partial charge is 0.260 e. The second-order valence-electron chi connectivity index (χ2n) is 6.14. The number of hydrogen-bond donors (Lipinski definition) is 2. The van der Waals surface area contributed by atoms with Gasteiger partial charge in [0.1, 0.15) is 16.7 Å². The molecule has 0 radical (unpaired) electrons. The molecule has 2 aromatic carbocycles. The van der Waals surface area contributed by atoms with Gasteiger partial charge in [-0.2, -0.15) is 0 Å². The highest BCUT2D eigenvalue weighted by molar-refractivity contribution is 7.92. The number of carbonyl (C=O) groups is 1. The van der Waals surface area contributed by atoms with Crippen molar-refractivity contribution in [2.75, 3.05) is 19.7 Å². The monoisotopic (exact) mass is 375 g/mol. The molecule has 0 bridgehead atoms. The van der Waals surface area contributed by atoms with Crippen LogP contribution in [-0.4, -0.2) is 50.5 Å². The number of amides is 1. The molecule has 2 unspecified atom stereocenters. The minimum absolute atomic E-state index is 0.0370. The summed E-state index contributed by atoms with van der Waals surface area (Å²) in [5.74, 6) is 0.503. The Bertz CT molecular complexity index is 752. The van der Waals surface area contributed by atoms with Crippen LogP contribution in [0.3, 0.4) is 0 Å². The third-order valence-electron chi connectivity index (χ3n) is 4.32. The molecule has 1 heterocycles. The summed E-state index contributed by atoms with van der Waals surface area (Å²) in [5.41, 5.74) is 0.778. The van der Waals surface area contributed by atoms with Crippen molar-refractivity contribution in [1.82, 2.24) is 4.90 Å². The zero-order valence-corrected chi connectivity index (χ0v) is 15.0. The number of hydrogen-bond acceptors (Lipinski definition) is 5. The van der Waals surface area contributed by atoms with Gasteiger partial charge in [0.25, 0.3) is 5.91 Å². The van der Waals surface area contributed by atoms with E-state index in [1.54, 1.807) is 41.3 Å². The fourth-order valence-corrected chi connectivity index (χ4v) is 4.33. The van der Waals surface area contributed by atoms with E-state index in [-0.39, 0.29) is 30.1 Å². The van der Waals surface area contributed by atoms with Crippen LogP contribution in [0.25, 0.3) is 0 Å². The predicted octanol–water partition coefficient (Wildman–Crippen LogP) is 1.67. The van der Waals surface area contributed by atoms with Gasteiger partial charge in [-0.15, -0.1) is 0 Å². The Labute approximate surface area is 155 Å². The number of phenols is 1. The number of ether oxygens (including phenoxy) is 1. The highest BCUT2D eigenvalue weighted by Crippen LogP contribution is 2.26. The lowest BCUT2D eigenvalue weighted by Crippen LogP contribution is -2.35. The lowest BCUT2D eigenvalue weighted by Gasteiger charge is -2.19. The molecule has 1 saturated heterocycles. The lowest BCUT2D eigenvalue weighted by molar-refractivity contribution is -0.132. The van der Waals surface area contributed by atoms with Gasteiger partial charge in [0.2, 0.25) is 0 Å². The van der Waals surface area contributed by atoms with Crippen LogP contribution >= 0.6 is 0 Å². The summed E-state index contributed by atoms with van der Waals surface area (Å²) in [4.78, 5) is 14.6. The van der Waals surface area contributed by atoms with Gasteiger partial charge in [-0.25, -0.2) is 0 Å². The Kier molecular flexibility index (Phi) is 6.03. The Morgan fingerprint density at radius 2 is 2.04 bits per heavy atom. The van der Waals surface area contributed by atoms with E-state index in [1.807, 2.05) is 0 Å². The van der Waals surface area contributed by atoms with Crippen molar-refractivity contribution in [3.05, 3.63) is 54.1 Å². The summed E-state index contributed by atoms with van der Waals surface area (Å²) >= 11 is -1.27. The summed E-state index contributed by atoms with van der Waals surface area (Å²) in [5, 5.41) is 18.4. The third-order valence-corrected chi connectivity index (χ3v) is 6.03. The Morgan fingerprint density at radius 3 is 2.73 bits per heavy atom. The summed E-state index contributed by atoms with van der Waals surface area (Å²) < 4.78 is 18.1. The number of nitrogens with zero attached hydrogens (tertiary/aromatic N) is 1. The number of benzene rings is 2. The second kappa shape index (κ2) is 8.44. The van der Waals surface area contributed by atoms with Crippen molar-refractivity contribution in [2.45, 2.75) is 23.2 Å². The van der Waals surface area contributed by atoms with E-state index >= 15 is 0 Å². The number of aliphatic hydroxyl groups is 1. The maximum absolute atomic E-state index is 12.6. The fourth-order valence-electron chi connectivity index (χ4n) is 2.86. The van der Waals surface area contributed by atoms with E-state index in [9.17, 15) is 14.5 Å². The van der Waals surface area contributed by atoms with Gasteiger partial charge >= 0.3 is 0 Å². The maximum Gasteiger partial charge on any atom is 0.260 e. The molecule has 7 heteroatoms. The normalized spacial score (nSPS) is 17.9. The quantitative estimate of drug-likeness (QED) is 0.749. The molecule has 3 rings (SSSR count). The van der Waals surface area contributed by atoms with Crippen LogP contribution in [0.15, 0.2) is 53.4 Å². The molecule has 138 valence electrons. The molecular formula is C19H21NO5S. The van der Waals surface area contributed by atoms with E-state index in [1.165, 1.54) is 12.1 Å². The minimum Gasteiger partial charge on any atom is -0.611 e. The highest BCUT2D eigenvalue weighted by Gasteiger charge is 2.35. The summed E-state index contributed by atoms with van der Waals surface area (Å²) in [6.07, 6.45) is 0.652. The van der Waals surface area contributed by atoms with E-state index in [0.29, 0.717) is 30.2 Å². The largest absolute Gasteiger partial charge is 0.611 e. The minimum atomic E-state index is -1.27. The van der Waals surface area contributed by atoms with Crippen LogP contribution in [0.5, 0.6) is 11.5 Å². The van der Waals surface area contributed by atoms with Crippen molar-refractivity contribution in [3.8, 4) is 11.5 Å². The standard InChI is InChI=1S/C19H21NO5S/c21-12-14-4-6-16(7-5-14)25-13-19(23)20-9-8-18(11-20)26(24)17-3-1-2-15(22)10-17/h1-7,10,18,21-22H,8-9,11-13H2. The number of aromatic hydroxyl groups is 1. The molecule has 1 fully saturated rings. The molecule has 0 saturated carbocycles. The number of aliphatic hydroxyl groups excluding tert-OH is 1. The van der Waals surface area contributed by atoms with Crippen molar-refractivity contribution in [3.63, 3.8) is 0 Å². The van der Waals surface area contributed by atoms with E-state index in [2.05, 4.69) is 0 Å². The molecule has 26 heavy (non-hydrogen) atoms. The van der Waals surface area contributed by atoms with Crippen LogP contribution in [0, 0.1) is 0 Å². The third kappa shape index (κ3) is 4.49. The van der Waals surface area contributed by atoms with Crippen molar-refractivity contribution < 1.29 is 24.3 Å². The second-order valence-corrected chi connectivity index (χ2v) is 7.87. The topological polar surface area (TPSA) is 93.1 Å². The van der Waals surface area contributed by atoms with Gasteiger partial charge in [0.15, 0.2) is 11.5 Å². The van der Waals surface area contributed by atoms with Crippen LogP contribution in [0.2, 0.25) is 0 Å². The first-order valence-corrected chi connectivity index (χ1v) is 9.58. The molecule has 2 aromatic rings. The van der Waals surface area contributed by atoms with Crippen LogP contribution in [0.1, 0.15) is 12.0 Å². The molecule has 2 N–H and O–H groups in total. The highest BCUT2D eigenvalue weighted by atomic mass is 32.2. The van der Waals surface area contributed by atoms with Crippen molar-refractivity contribution in [2.24, 2.45) is 0 Å². The first kappa shape index (κ1) is 18.6. The molecule has 2 atom stereocenters.